The van der Waals surface area contributed by atoms with E-state index in [4.69, 9.17) is 4.74 Å². The van der Waals surface area contributed by atoms with Crippen LogP contribution < -0.4 is 16.0 Å². The van der Waals surface area contributed by atoms with Crippen LogP contribution in [0.5, 0.6) is 0 Å². The molecule has 0 unspecified atom stereocenters. The zero-order chi connectivity index (χ0) is 19.8. The fourth-order valence-corrected chi connectivity index (χ4v) is 2.90. The maximum absolute atomic E-state index is 12.2. The lowest BCUT2D eigenvalue weighted by Crippen LogP contribution is -2.28. The number of hydrogen-bond acceptors (Lipinski definition) is 7. The number of nitrogens with one attached hydrogen (secondary N) is 3. The van der Waals surface area contributed by atoms with Gasteiger partial charge in [0.1, 0.15) is 15.7 Å². The lowest BCUT2D eigenvalue weighted by atomic mass is 10.3. The highest BCUT2D eigenvalue weighted by Gasteiger charge is 2.23. The van der Waals surface area contributed by atoms with E-state index >= 15 is 0 Å². The maximum atomic E-state index is 12.2. The van der Waals surface area contributed by atoms with Crippen molar-refractivity contribution in [1.29, 1.82) is 0 Å². The van der Waals surface area contributed by atoms with Gasteiger partial charge in [-0.05, 0) is 19.1 Å². The summed E-state index contributed by atoms with van der Waals surface area (Å²) in [5.74, 6) is -1.50. The van der Waals surface area contributed by atoms with Gasteiger partial charge in [0.25, 0.3) is 5.91 Å². The van der Waals surface area contributed by atoms with Crippen LogP contribution in [0.3, 0.4) is 0 Å². The zero-order valence-electron chi connectivity index (χ0n) is 14.7. The summed E-state index contributed by atoms with van der Waals surface area (Å²) in [6.07, 6.45) is 1.44. The van der Waals surface area contributed by atoms with Crippen molar-refractivity contribution in [2.45, 2.75) is 6.92 Å². The highest BCUT2D eigenvalue weighted by Crippen LogP contribution is 2.28. The molecule has 0 fully saturated rings. The summed E-state index contributed by atoms with van der Waals surface area (Å²) in [7, 11) is 1.49. The number of ether oxygens (including phenoxy) is 1. The molecule has 11 heteroatoms. The first-order valence-corrected chi connectivity index (χ1v) is 8.80. The Morgan fingerprint density at radius 1 is 1.26 bits per heavy atom. The molecule has 0 aliphatic carbocycles. The van der Waals surface area contributed by atoms with Crippen molar-refractivity contribution in [1.82, 2.24) is 20.6 Å². The third-order valence-electron chi connectivity index (χ3n) is 3.22. The SMILES string of the molecule is CCNC(=O)Nc1ccc(-c2nc(C(=O)NCCOC)c(C(=O)O)s2)cn1. The molecule has 3 amide bonds. The molecule has 0 bridgehead atoms. The van der Waals surface area contributed by atoms with Crippen molar-refractivity contribution in [3.8, 4) is 10.6 Å². The second kappa shape index (κ2) is 9.59. The van der Waals surface area contributed by atoms with Crippen LogP contribution in [0.25, 0.3) is 10.6 Å². The number of pyridine rings is 1. The van der Waals surface area contributed by atoms with Crippen LogP contribution >= 0.6 is 11.3 Å². The Bertz CT molecular complexity index is 821. The van der Waals surface area contributed by atoms with Gasteiger partial charge < -0.3 is 20.5 Å². The number of carbonyl (C=O) groups excluding carboxylic acids is 2. The van der Waals surface area contributed by atoms with E-state index in [1.54, 1.807) is 19.1 Å². The number of carboxylic acid groups (broad SMARTS) is 1. The van der Waals surface area contributed by atoms with Gasteiger partial charge in [-0.2, -0.15) is 0 Å². The number of carbonyl (C=O) groups is 3. The van der Waals surface area contributed by atoms with Crippen LogP contribution in [0.4, 0.5) is 10.6 Å². The van der Waals surface area contributed by atoms with Gasteiger partial charge in [-0.1, -0.05) is 0 Å². The summed E-state index contributed by atoms with van der Waals surface area (Å²) in [5.41, 5.74) is 0.364. The number of rotatable bonds is 8. The average molecular weight is 393 g/mol. The number of aromatic nitrogens is 2. The standard InChI is InChI=1S/C16H19N5O5S/c1-3-17-16(25)20-10-5-4-9(8-19-10)14-21-11(12(27-14)15(23)24)13(22)18-6-7-26-2/h4-5,8H,3,6-7H2,1-2H3,(H,18,22)(H,23,24)(H2,17,19,20,25). The molecule has 0 saturated carbocycles. The van der Waals surface area contributed by atoms with E-state index in [2.05, 4.69) is 25.9 Å². The molecule has 0 saturated heterocycles. The number of anilines is 1. The van der Waals surface area contributed by atoms with Gasteiger partial charge in [-0.3, -0.25) is 10.1 Å². The number of carboxylic acids is 1. The van der Waals surface area contributed by atoms with Gasteiger partial charge in [0.15, 0.2) is 5.69 Å². The number of thiazole rings is 1. The minimum atomic E-state index is -1.24. The summed E-state index contributed by atoms with van der Waals surface area (Å²) in [5, 5.41) is 17.4. The molecule has 0 atom stereocenters. The molecule has 0 aromatic carbocycles. The van der Waals surface area contributed by atoms with E-state index in [1.165, 1.54) is 13.3 Å². The van der Waals surface area contributed by atoms with Gasteiger partial charge in [0.2, 0.25) is 0 Å². The molecule has 2 rings (SSSR count). The minimum Gasteiger partial charge on any atom is -0.477 e. The molecule has 10 nitrogen and oxygen atoms in total. The van der Waals surface area contributed by atoms with Crippen molar-refractivity contribution in [2.75, 3.05) is 32.1 Å². The lowest BCUT2D eigenvalue weighted by Gasteiger charge is -2.05. The second-order valence-electron chi connectivity index (χ2n) is 5.17. The molecule has 2 aromatic rings. The van der Waals surface area contributed by atoms with Gasteiger partial charge in [-0.15, -0.1) is 11.3 Å². The first-order chi connectivity index (χ1) is 13.0. The Hall–Kier alpha value is -3.05. The lowest BCUT2D eigenvalue weighted by molar-refractivity contribution is 0.0695. The minimum absolute atomic E-state index is 0.163. The van der Waals surface area contributed by atoms with E-state index in [-0.39, 0.29) is 23.1 Å². The first kappa shape index (κ1) is 20.3. The largest absolute Gasteiger partial charge is 0.477 e. The number of amides is 3. The number of hydrogen-bond donors (Lipinski definition) is 4. The van der Waals surface area contributed by atoms with Crippen LogP contribution in [0, 0.1) is 0 Å². The first-order valence-electron chi connectivity index (χ1n) is 7.98. The molecule has 0 aliphatic heterocycles. The Morgan fingerprint density at radius 3 is 2.63 bits per heavy atom. The normalized spacial score (nSPS) is 10.3. The average Bonchev–Trinajstić information content (AvgIpc) is 3.08. The van der Waals surface area contributed by atoms with Crippen molar-refractivity contribution in [3.05, 3.63) is 28.9 Å². The second-order valence-corrected chi connectivity index (χ2v) is 6.17. The van der Waals surface area contributed by atoms with Crippen LogP contribution in [-0.4, -0.2) is 59.8 Å². The summed E-state index contributed by atoms with van der Waals surface area (Å²) in [6.45, 7) is 2.82. The van der Waals surface area contributed by atoms with Crippen molar-refractivity contribution < 1.29 is 24.2 Å². The number of urea groups is 1. The van der Waals surface area contributed by atoms with E-state index < -0.39 is 11.9 Å². The monoisotopic (exact) mass is 393 g/mol. The molecule has 2 heterocycles. The number of methoxy groups -OCH3 is 1. The summed E-state index contributed by atoms with van der Waals surface area (Å²) >= 11 is 0.874. The van der Waals surface area contributed by atoms with Crippen LogP contribution in [0.15, 0.2) is 18.3 Å². The van der Waals surface area contributed by atoms with Gasteiger partial charge in [0, 0.05) is 32.0 Å². The zero-order valence-corrected chi connectivity index (χ0v) is 15.6. The van der Waals surface area contributed by atoms with Crippen molar-refractivity contribution >= 4 is 35.1 Å². The Balaban J connectivity index is 2.20. The topological polar surface area (TPSA) is 143 Å². The summed E-state index contributed by atoms with van der Waals surface area (Å²) in [6, 6.07) is 2.81. The predicted molar refractivity (Wildman–Crippen MR) is 99.2 cm³/mol. The third-order valence-corrected chi connectivity index (χ3v) is 4.31. The molecule has 4 N–H and O–H groups in total. The maximum Gasteiger partial charge on any atom is 0.348 e. The van der Waals surface area contributed by atoms with Crippen molar-refractivity contribution in [2.24, 2.45) is 0 Å². The Morgan fingerprint density at radius 2 is 2.04 bits per heavy atom. The third kappa shape index (κ3) is 5.46. The van der Waals surface area contributed by atoms with Crippen molar-refractivity contribution in [3.63, 3.8) is 0 Å². The number of aromatic carboxylic acids is 1. The molecule has 0 spiro atoms. The quantitative estimate of drug-likeness (QED) is 0.497. The number of nitrogens with zero attached hydrogens (tertiary/aromatic N) is 2. The predicted octanol–water partition coefficient (Wildman–Crippen LogP) is 1.42. The Labute approximate surface area is 159 Å². The van der Waals surface area contributed by atoms with E-state index in [0.717, 1.165) is 11.3 Å². The van der Waals surface area contributed by atoms with E-state index in [0.29, 0.717) is 29.5 Å². The summed E-state index contributed by atoms with van der Waals surface area (Å²) < 4.78 is 4.84. The molecule has 0 aliphatic rings. The molecule has 2 aromatic heterocycles. The van der Waals surface area contributed by atoms with Crippen LogP contribution in [-0.2, 0) is 4.74 Å². The smallest absolute Gasteiger partial charge is 0.348 e. The highest BCUT2D eigenvalue weighted by molar-refractivity contribution is 7.17. The van der Waals surface area contributed by atoms with Crippen LogP contribution in [0.2, 0.25) is 0 Å². The van der Waals surface area contributed by atoms with E-state index in [1.807, 2.05) is 0 Å². The van der Waals surface area contributed by atoms with Gasteiger partial charge in [0.05, 0.1) is 6.61 Å². The van der Waals surface area contributed by atoms with Gasteiger partial charge in [-0.25, -0.2) is 19.6 Å². The van der Waals surface area contributed by atoms with E-state index in [9.17, 15) is 19.5 Å². The summed E-state index contributed by atoms with van der Waals surface area (Å²) in [4.78, 5) is 43.2. The molecular formula is C16H19N5O5S. The Kier molecular flexibility index (Phi) is 7.20. The van der Waals surface area contributed by atoms with Gasteiger partial charge >= 0.3 is 12.0 Å². The molecular weight excluding hydrogens is 374 g/mol. The highest BCUT2D eigenvalue weighted by atomic mass is 32.1. The molecule has 144 valence electrons. The fourth-order valence-electron chi connectivity index (χ4n) is 2.01. The fraction of sp³-hybridized carbons (Fsp3) is 0.312. The molecule has 27 heavy (non-hydrogen) atoms. The van der Waals surface area contributed by atoms with Crippen LogP contribution in [0.1, 0.15) is 27.1 Å². The molecule has 0 radical (unpaired) electrons.